The fraction of sp³-hybridized carbons (Fsp3) is 0.889. The van der Waals surface area contributed by atoms with Crippen LogP contribution >= 0.6 is 11.8 Å². The summed E-state index contributed by atoms with van der Waals surface area (Å²) in [6, 6.07) is 0. The number of hydrogen-bond acceptors (Lipinski definition) is 4. The van der Waals surface area contributed by atoms with Crippen LogP contribution in [0.4, 0.5) is 0 Å². The summed E-state index contributed by atoms with van der Waals surface area (Å²) in [5, 5.41) is 8.83. The zero-order valence-electron chi connectivity index (χ0n) is 9.76. The number of thioether (sulfide) groups is 1. The number of hydrogen-bond donors (Lipinski definition) is 2. The Bertz CT molecular complexity index is 352. The molecule has 6 nitrogen and oxygen atoms in total. The van der Waals surface area contributed by atoms with Crippen molar-refractivity contribution in [3.05, 3.63) is 0 Å². The van der Waals surface area contributed by atoms with Gasteiger partial charge in [0, 0.05) is 25.4 Å². The molecule has 0 aliphatic carbocycles. The zero-order chi connectivity index (χ0) is 12.9. The topological polar surface area (TPSA) is 86.7 Å². The molecule has 2 N–H and O–H groups in total. The van der Waals surface area contributed by atoms with Gasteiger partial charge in [0.25, 0.3) is 10.2 Å². The Morgan fingerprint density at radius 2 is 2.29 bits per heavy atom. The van der Waals surface area contributed by atoms with Crippen molar-refractivity contribution in [2.45, 2.75) is 24.5 Å². The molecule has 0 aromatic rings. The van der Waals surface area contributed by atoms with E-state index in [1.54, 1.807) is 11.8 Å². The molecule has 1 aliphatic heterocycles. The number of aliphatic carboxylic acids is 1. The van der Waals surface area contributed by atoms with Crippen LogP contribution < -0.4 is 4.72 Å². The monoisotopic (exact) mass is 282 g/mol. The van der Waals surface area contributed by atoms with E-state index in [1.807, 2.05) is 0 Å². The van der Waals surface area contributed by atoms with Crippen LogP contribution in [0.2, 0.25) is 0 Å². The molecule has 100 valence electrons. The summed E-state index contributed by atoms with van der Waals surface area (Å²) < 4.78 is 27.0. The molecule has 1 saturated heterocycles. The largest absolute Gasteiger partial charge is 0.481 e. The smallest absolute Gasteiger partial charge is 0.304 e. The lowest BCUT2D eigenvalue weighted by Crippen LogP contribution is -2.41. The van der Waals surface area contributed by atoms with Gasteiger partial charge in [0.2, 0.25) is 0 Å². The van der Waals surface area contributed by atoms with Gasteiger partial charge in [-0.3, -0.25) is 4.79 Å². The van der Waals surface area contributed by atoms with E-state index >= 15 is 0 Å². The maximum Gasteiger partial charge on any atom is 0.304 e. The van der Waals surface area contributed by atoms with E-state index in [0.717, 1.165) is 22.9 Å². The first-order valence-corrected chi connectivity index (χ1v) is 7.95. The third-order valence-corrected chi connectivity index (χ3v) is 5.50. The van der Waals surface area contributed by atoms with Crippen molar-refractivity contribution in [1.29, 1.82) is 0 Å². The van der Waals surface area contributed by atoms with E-state index < -0.39 is 16.2 Å². The maximum absolute atomic E-state index is 11.7. The summed E-state index contributed by atoms with van der Waals surface area (Å²) >= 11 is 1.77. The fourth-order valence-electron chi connectivity index (χ4n) is 1.49. The molecule has 17 heavy (non-hydrogen) atoms. The average molecular weight is 282 g/mol. The highest BCUT2D eigenvalue weighted by Crippen LogP contribution is 2.25. The molecule has 1 atom stereocenters. The van der Waals surface area contributed by atoms with Gasteiger partial charge in [-0.15, -0.1) is 0 Å². The van der Waals surface area contributed by atoms with Gasteiger partial charge in [0.05, 0.1) is 6.42 Å². The molecule has 1 heterocycles. The molecular formula is C9H18N2O4S2. The Morgan fingerprint density at radius 1 is 1.59 bits per heavy atom. The molecule has 0 aromatic heterocycles. The first-order valence-electron chi connectivity index (χ1n) is 5.46. The highest BCUT2D eigenvalue weighted by atomic mass is 32.2. The van der Waals surface area contributed by atoms with Gasteiger partial charge in [0.15, 0.2) is 0 Å². The van der Waals surface area contributed by atoms with Crippen molar-refractivity contribution >= 4 is 27.9 Å². The Labute approximate surface area is 106 Å². The molecule has 0 amide bonds. The number of rotatable bonds is 7. The lowest BCUT2D eigenvalue weighted by atomic mass is 10.2. The molecule has 0 saturated carbocycles. The summed E-state index contributed by atoms with van der Waals surface area (Å²) in [4.78, 5) is 10.4. The van der Waals surface area contributed by atoms with Gasteiger partial charge in [0.1, 0.15) is 0 Å². The van der Waals surface area contributed by atoms with Gasteiger partial charge in [-0.2, -0.15) is 24.5 Å². The predicted octanol–water partition coefficient (Wildman–Crippen LogP) is 0.123. The van der Waals surface area contributed by atoms with Gasteiger partial charge in [-0.1, -0.05) is 0 Å². The van der Waals surface area contributed by atoms with E-state index in [0.29, 0.717) is 11.8 Å². The Hall–Kier alpha value is -0.310. The molecule has 1 fully saturated rings. The second-order valence-electron chi connectivity index (χ2n) is 3.95. The number of carboxylic acid groups (broad SMARTS) is 1. The maximum atomic E-state index is 11.7. The molecular weight excluding hydrogens is 264 g/mol. The summed E-state index contributed by atoms with van der Waals surface area (Å²) in [6.45, 7) is 0.410. The van der Waals surface area contributed by atoms with Crippen LogP contribution in [0.3, 0.4) is 0 Å². The summed E-state index contributed by atoms with van der Waals surface area (Å²) in [5.74, 6) is 0.0831. The summed E-state index contributed by atoms with van der Waals surface area (Å²) in [7, 11) is -2.15. The zero-order valence-corrected chi connectivity index (χ0v) is 11.4. The summed E-state index contributed by atoms with van der Waals surface area (Å²) in [5.41, 5.74) is 0. The second-order valence-corrected chi connectivity index (χ2v) is 7.22. The summed E-state index contributed by atoms with van der Waals surface area (Å²) in [6.07, 6.45) is 1.98. The van der Waals surface area contributed by atoms with Crippen molar-refractivity contribution in [3.63, 3.8) is 0 Å². The van der Waals surface area contributed by atoms with Gasteiger partial charge in [-0.05, 0) is 18.6 Å². The van der Waals surface area contributed by atoms with E-state index in [-0.39, 0.29) is 13.0 Å². The molecule has 8 heteroatoms. The normalized spacial score (nSPS) is 20.9. The van der Waals surface area contributed by atoms with E-state index in [9.17, 15) is 13.2 Å². The van der Waals surface area contributed by atoms with Crippen LogP contribution in [0.25, 0.3) is 0 Å². The lowest BCUT2D eigenvalue weighted by Gasteiger charge is -2.18. The van der Waals surface area contributed by atoms with E-state index in [4.69, 9.17) is 5.11 Å². The van der Waals surface area contributed by atoms with Gasteiger partial charge < -0.3 is 5.11 Å². The Morgan fingerprint density at radius 3 is 2.82 bits per heavy atom. The molecule has 0 radical (unpaired) electrons. The van der Waals surface area contributed by atoms with Crippen LogP contribution in [0, 0.1) is 0 Å². The van der Waals surface area contributed by atoms with E-state index in [2.05, 4.69) is 4.72 Å². The highest BCUT2D eigenvalue weighted by molar-refractivity contribution is 8.00. The molecule has 0 aromatic carbocycles. The highest BCUT2D eigenvalue weighted by Gasteiger charge is 2.22. The second kappa shape index (κ2) is 6.58. The minimum absolute atomic E-state index is 0.0114. The van der Waals surface area contributed by atoms with Crippen LogP contribution in [0.1, 0.15) is 19.3 Å². The average Bonchev–Trinajstić information content (AvgIpc) is 2.75. The first kappa shape index (κ1) is 14.7. The van der Waals surface area contributed by atoms with Crippen molar-refractivity contribution in [2.75, 3.05) is 25.9 Å². The van der Waals surface area contributed by atoms with Crippen molar-refractivity contribution < 1.29 is 18.3 Å². The number of carbonyl (C=O) groups is 1. The first-order chi connectivity index (χ1) is 7.92. The lowest BCUT2D eigenvalue weighted by molar-refractivity contribution is -0.137. The number of nitrogens with one attached hydrogen (secondary N) is 1. The van der Waals surface area contributed by atoms with Crippen LogP contribution in [0.5, 0.6) is 0 Å². The third-order valence-electron chi connectivity index (χ3n) is 2.57. The standard InChI is InChI=1S/C9H18N2O4S2/c1-11(5-4-9(12)13)17(14,15)10-7-8-3-2-6-16-8/h8,10H,2-7H2,1H3,(H,12,13). The molecule has 0 spiro atoms. The number of nitrogens with zero attached hydrogens (tertiary/aromatic N) is 1. The van der Waals surface area contributed by atoms with E-state index in [1.165, 1.54) is 7.05 Å². The molecule has 0 bridgehead atoms. The SMILES string of the molecule is CN(CCC(=O)O)S(=O)(=O)NCC1CCCS1. The third kappa shape index (κ3) is 5.24. The molecule has 1 aliphatic rings. The van der Waals surface area contributed by atoms with Crippen LogP contribution in [0.15, 0.2) is 0 Å². The minimum atomic E-state index is -3.54. The molecule has 1 rings (SSSR count). The van der Waals surface area contributed by atoms with Gasteiger partial charge in [-0.25, -0.2) is 4.72 Å². The van der Waals surface area contributed by atoms with Crippen molar-refractivity contribution in [1.82, 2.24) is 9.03 Å². The quantitative estimate of drug-likeness (QED) is 0.693. The Kier molecular flexibility index (Phi) is 5.71. The van der Waals surface area contributed by atoms with Crippen molar-refractivity contribution in [3.8, 4) is 0 Å². The Balaban J connectivity index is 2.35. The van der Waals surface area contributed by atoms with Gasteiger partial charge >= 0.3 is 5.97 Å². The molecule has 1 unspecified atom stereocenters. The fourth-order valence-corrected chi connectivity index (χ4v) is 3.76. The van der Waals surface area contributed by atoms with Crippen molar-refractivity contribution in [2.24, 2.45) is 0 Å². The van der Waals surface area contributed by atoms with Crippen LogP contribution in [-0.2, 0) is 15.0 Å². The van der Waals surface area contributed by atoms with Crippen LogP contribution in [-0.4, -0.2) is 54.9 Å². The minimum Gasteiger partial charge on any atom is -0.481 e. The predicted molar refractivity (Wildman–Crippen MR) is 67.3 cm³/mol. The number of carboxylic acids is 1.